The first kappa shape index (κ1) is 21.0. The average molecular weight is 448 g/mol. The fraction of sp³-hybridized carbons (Fsp3) is 0.591. The van der Waals surface area contributed by atoms with E-state index in [2.05, 4.69) is 53.8 Å². The highest BCUT2D eigenvalue weighted by Gasteiger charge is 2.28. The summed E-state index contributed by atoms with van der Waals surface area (Å²) in [6.07, 6.45) is 3.45. The predicted molar refractivity (Wildman–Crippen MR) is 114 cm³/mol. The van der Waals surface area contributed by atoms with Gasteiger partial charge in [0.05, 0.1) is 0 Å². The molecule has 1 amide bonds. The molecule has 2 aromatic rings. The molecule has 0 radical (unpaired) electrons. The fourth-order valence-corrected chi connectivity index (χ4v) is 4.30. The Balaban J connectivity index is 1.53. The molecule has 1 atom stereocenters. The van der Waals surface area contributed by atoms with Crippen LogP contribution < -0.4 is 0 Å². The number of amides is 1. The molecule has 152 valence electrons. The van der Waals surface area contributed by atoms with E-state index in [1.165, 1.54) is 0 Å². The van der Waals surface area contributed by atoms with Crippen molar-refractivity contribution in [1.82, 2.24) is 15.0 Å². The molecule has 3 rings (SSSR count). The molecule has 1 aromatic carbocycles. The Labute approximate surface area is 176 Å². The van der Waals surface area contributed by atoms with Gasteiger partial charge >= 0.3 is 0 Å². The van der Waals surface area contributed by atoms with E-state index in [-0.39, 0.29) is 17.2 Å². The first-order valence-electron chi connectivity index (χ1n) is 10.1. The predicted octanol–water partition coefficient (Wildman–Crippen LogP) is 5.67. The maximum Gasteiger partial charge on any atom is 0.230 e. The third-order valence-electron chi connectivity index (χ3n) is 5.22. The molecule has 1 saturated heterocycles. The molecular formula is C22H30BrN3O2. The highest BCUT2D eigenvalue weighted by atomic mass is 79.9. The van der Waals surface area contributed by atoms with Crippen LogP contribution in [0.1, 0.15) is 65.2 Å². The van der Waals surface area contributed by atoms with Gasteiger partial charge in [0.25, 0.3) is 0 Å². The van der Waals surface area contributed by atoms with Crippen LogP contribution >= 0.6 is 15.9 Å². The van der Waals surface area contributed by atoms with Gasteiger partial charge in [0, 0.05) is 35.5 Å². The van der Waals surface area contributed by atoms with Gasteiger partial charge in [0.15, 0.2) is 0 Å². The van der Waals surface area contributed by atoms with E-state index in [0.717, 1.165) is 42.4 Å². The van der Waals surface area contributed by atoms with Gasteiger partial charge < -0.3 is 9.42 Å². The van der Waals surface area contributed by atoms with Crippen molar-refractivity contribution in [3.05, 3.63) is 34.6 Å². The zero-order valence-corrected chi connectivity index (χ0v) is 18.8. The van der Waals surface area contributed by atoms with Crippen molar-refractivity contribution in [1.29, 1.82) is 0 Å². The number of carbonyl (C=O) groups excluding carboxylic acids is 1. The van der Waals surface area contributed by atoms with Gasteiger partial charge in [-0.25, -0.2) is 0 Å². The topological polar surface area (TPSA) is 59.2 Å². The molecule has 0 aliphatic carbocycles. The zero-order valence-electron chi connectivity index (χ0n) is 17.2. The molecule has 1 unspecified atom stereocenters. The van der Waals surface area contributed by atoms with E-state index in [9.17, 15) is 4.79 Å². The van der Waals surface area contributed by atoms with E-state index in [4.69, 9.17) is 4.52 Å². The Morgan fingerprint density at radius 2 is 1.89 bits per heavy atom. The van der Waals surface area contributed by atoms with Gasteiger partial charge in [0.1, 0.15) is 0 Å². The van der Waals surface area contributed by atoms with Crippen LogP contribution in [0.4, 0.5) is 0 Å². The lowest BCUT2D eigenvalue weighted by molar-refractivity contribution is -0.133. The molecule has 0 bridgehead atoms. The summed E-state index contributed by atoms with van der Waals surface area (Å²) in [6.45, 7) is 10.4. The minimum atomic E-state index is 0.229. The lowest BCUT2D eigenvalue weighted by atomic mass is 9.84. The quantitative estimate of drug-likeness (QED) is 0.592. The SMILES string of the molecule is CC(CC(=O)N1CCC(c2nc(-c3ccc(Br)cc3)no2)CC1)CC(C)(C)C. The van der Waals surface area contributed by atoms with Crippen LogP contribution in [0.3, 0.4) is 0 Å². The maximum atomic E-state index is 12.6. The van der Waals surface area contributed by atoms with Crippen LogP contribution in [-0.2, 0) is 4.79 Å². The monoisotopic (exact) mass is 447 g/mol. The Morgan fingerprint density at radius 3 is 2.50 bits per heavy atom. The van der Waals surface area contributed by atoms with Crippen LogP contribution in [0, 0.1) is 11.3 Å². The van der Waals surface area contributed by atoms with E-state index >= 15 is 0 Å². The molecule has 1 aromatic heterocycles. The highest BCUT2D eigenvalue weighted by Crippen LogP contribution is 2.30. The second kappa shape index (κ2) is 8.76. The van der Waals surface area contributed by atoms with E-state index in [1.807, 2.05) is 29.2 Å². The Hall–Kier alpha value is -1.69. The Bertz CT molecular complexity index is 787. The van der Waals surface area contributed by atoms with Crippen molar-refractivity contribution in [2.45, 2.75) is 59.3 Å². The molecule has 28 heavy (non-hydrogen) atoms. The molecule has 1 aliphatic heterocycles. The van der Waals surface area contributed by atoms with Crippen molar-refractivity contribution >= 4 is 21.8 Å². The normalized spacial score (nSPS) is 17.0. The molecular weight excluding hydrogens is 418 g/mol. The maximum absolute atomic E-state index is 12.6. The molecule has 0 saturated carbocycles. The number of aromatic nitrogens is 2. The van der Waals surface area contributed by atoms with Crippen LogP contribution in [-0.4, -0.2) is 34.0 Å². The zero-order chi connectivity index (χ0) is 20.3. The summed E-state index contributed by atoms with van der Waals surface area (Å²) in [5.41, 5.74) is 1.20. The number of halogens is 1. The van der Waals surface area contributed by atoms with Crippen molar-refractivity contribution in [3.63, 3.8) is 0 Å². The molecule has 1 fully saturated rings. The molecule has 1 aliphatic rings. The van der Waals surface area contributed by atoms with Crippen LogP contribution in [0.25, 0.3) is 11.4 Å². The molecule has 5 nitrogen and oxygen atoms in total. The minimum absolute atomic E-state index is 0.229. The van der Waals surface area contributed by atoms with Crippen LogP contribution in [0.15, 0.2) is 33.3 Å². The summed E-state index contributed by atoms with van der Waals surface area (Å²) in [5, 5.41) is 4.14. The van der Waals surface area contributed by atoms with Gasteiger partial charge in [0.2, 0.25) is 17.6 Å². The molecule has 0 N–H and O–H groups in total. The van der Waals surface area contributed by atoms with Crippen LogP contribution in [0.2, 0.25) is 0 Å². The lowest BCUT2D eigenvalue weighted by Crippen LogP contribution is -2.38. The Morgan fingerprint density at radius 1 is 1.25 bits per heavy atom. The standard InChI is InChI=1S/C22H30BrN3O2/c1-15(14-22(2,3)4)13-19(27)26-11-9-17(10-12-26)21-24-20(25-28-21)16-5-7-18(23)8-6-16/h5-8,15,17H,9-14H2,1-4H3. The molecule has 0 spiro atoms. The van der Waals surface area contributed by atoms with Crippen LogP contribution in [0.5, 0.6) is 0 Å². The average Bonchev–Trinajstić information content (AvgIpc) is 3.11. The Kier molecular flexibility index (Phi) is 6.58. The van der Waals surface area contributed by atoms with Crippen molar-refractivity contribution < 1.29 is 9.32 Å². The fourth-order valence-electron chi connectivity index (χ4n) is 4.04. The largest absolute Gasteiger partial charge is 0.343 e. The summed E-state index contributed by atoms with van der Waals surface area (Å²) < 4.78 is 6.55. The van der Waals surface area contributed by atoms with E-state index in [1.54, 1.807) is 0 Å². The van der Waals surface area contributed by atoms with E-state index < -0.39 is 0 Å². The number of hydrogen-bond acceptors (Lipinski definition) is 4. The van der Waals surface area contributed by atoms with Gasteiger partial charge in [-0.3, -0.25) is 4.79 Å². The minimum Gasteiger partial charge on any atom is -0.343 e. The number of nitrogens with zero attached hydrogens (tertiary/aromatic N) is 3. The first-order chi connectivity index (χ1) is 13.2. The summed E-state index contributed by atoms with van der Waals surface area (Å²) in [7, 11) is 0. The van der Waals surface area contributed by atoms with E-state index in [0.29, 0.717) is 24.1 Å². The van der Waals surface area contributed by atoms with Gasteiger partial charge in [-0.2, -0.15) is 4.98 Å². The molecule has 2 heterocycles. The summed E-state index contributed by atoms with van der Waals surface area (Å²) >= 11 is 3.44. The van der Waals surface area contributed by atoms with Crippen molar-refractivity contribution in [2.24, 2.45) is 11.3 Å². The second-order valence-corrected chi connectivity index (χ2v) is 10.1. The third kappa shape index (κ3) is 5.66. The number of piperidine rings is 1. The van der Waals surface area contributed by atoms with Gasteiger partial charge in [-0.1, -0.05) is 48.8 Å². The second-order valence-electron chi connectivity index (χ2n) is 9.19. The number of rotatable bonds is 5. The summed E-state index contributed by atoms with van der Waals surface area (Å²) in [6, 6.07) is 7.88. The summed E-state index contributed by atoms with van der Waals surface area (Å²) in [4.78, 5) is 19.2. The number of carbonyl (C=O) groups is 1. The summed E-state index contributed by atoms with van der Waals surface area (Å²) in [5.74, 6) is 2.22. The highest BCUT2D eigenvalue weighted by molar-refractivity contribution is 9.10. The van der Waals surface area contributed by atoms with Crippen molar-refractivity contribution in [3.8, 4) is 11.4 Å². The molecule has 6 heteroatoms. The van der Waals surface area contributed by atoms with Gasteiger partial charge in [-0.15, -0.1) is 0 Å². The smallest absolute Gasteiger partial charge is 0.230 e. The number of benzene rings is 1. The number of hydrogen-bond donors (Lipinski definition) is 0. The third-order valence-corrected chi connectivity index (χ3v) is 5.75. The van der Waals surface area contributed by atoms with Crippen molar-refractivity contribution in [2.75, 3.05) is 13.1 Å². The first-order valence-corrected chi connectivity index (χ1v) is 10.9. The lowest BCUT2D eigenvalue weighted by Gasteiger charge is -2.32. The van der Waals surface area contributed by atoms with Gasteiger partial charge in [-0.05, 0) is 54.9 Å². The number of likely N-dealkylation sites (tertiary alicyclic amines) is 1.